The Bertz CT molecular complexity index is 2140. The molecule has 318 valence electrons. The van der Waals surface area contributed by atoms with Crippen LogP contribution in [0.3, 0.4) is 0 Å². The van der Waals surface area contributed by atoms with Crippen LogP contribution in [-0.2, 0) is 14.3 Å². The maximum atomic E-state index is 15.8. The number of likely N-dealkylation sites (tertiary alicyclic amines) is 3. The fourth-order valence-electron chi connectivity index (χ4n) is 9.22. The van der Waals surface area contributed by atoms with E-state index in [0.29, 0.717) is 87.6 Å². The smallest absolute Gasteiger partial charge is 0.407 e. The average Bonchev–Trinajstić information content (AvgIpc) is 4.12. The quantitative estimate of drug-likeness (QED) is 0.149. The number of benzene rings is 2. The number of amides is 5. The summed E-state index contributed by atoms with van der Waals surface area (Å²) in [5, 5.41) is 5.45. The molecule has 6 heterocycles. The lowest BCUT2D eigenvalue weighted by Crippen LogP contribution is -2.47. The summed E-state index contributed by atoms with van der Waals surface area (Å²) in [4.78, 5) is 74.7. The van der Waals surface area contributed by atoms with Gasteiger partial charge < -0.3 is 44.9 Å². The van der Waals surface area contributed by atoms with Crippen molar-refractivity contribution >= 4 is 29.6 Å². The first kappa shape index (κ1) is 40.8. The van der Waals surface area contributed by atoms with Gasteiger partial charge in [-0.2, -0.15) is 0 Å². The SMILES string of the molecule is COC(=O)NC(C(=O)N1CCCC1c1ncc(-c2cc(F)c(N3CCC(c4cnc(C5CCCN5C(=O)CNC(=O)N5CCCCC5)[nH]4)CC3)c(F)c2)[nH]1)c1ccccc1. The molecule has 0 radical (unpaired) electrons. The molecule has 0 bridgehead atoms. The maximum absolute atomic E-state index is 15.8. The second-order valence-corrected chi connectivity index (χ2v) is 16.1. The topological polar surface area (TPSA) is 172 Å². The van der Waals surface area contributed by atoms with Crippen LogP contribution < -0.4 is 15.5 Å². The predicted octanol–water partition coefficient (Wildman–Crippen LogP) is 6.08. The molecule has 15 nitrogen and oxygen atoms in total. The third kappa shape index (κ3) is 8.66. The lowest BCUT2D eigenvalue weighted by Gasteiger charge is -2.33. The fourth-order valence-corrected chi connectivity index (χ4v) is 9.22. The summed E-state index contributed by atoms with van der Waals surface area (Å²) < 4.78 is 36.5. The number of ether oxygens (including phenoxy) is 1. The molecule has 4 N–H and O–H groups in total. The van der Waals surface area contributed by atoms with Crippen molar-refractivity contribution in [2.24, 2.45) is 0 Å². The third-order valence-corrected chi connectivity index (χ3v) is 12.4. The largest absolute Gasteiger partial charge is 0.453 e. The Hall–Kier alpha value is -6.00. The van der Waals surface area contributed by atoms with Gasteiger partial charge in [-0.3, -0.25) is 9.59 Å². The number of piperidine rings is 2. The van der Waals surface area contributed by atoms with Crippen molar-refractivity contribution in [3.05, 3.63) is 89.4 Å². The zero-order valence-electron chi connectivity index (χ0n) is 33.8. The highest BCUT2D eigenvalue weighted by atomic mass is 19.1. The molecule has 4 saturated heterocycles. The van der Waals surface area contributed by atoms with E-state index in [1.54, 1.807) is 43.9 Å². The number of carbonyl (C=O) groups excluding carboxylic acids is 4. The van der Waals surface area contributed by atoms with E-state index in [1.807, 2.05) is 12.3 Å². The minimum absolute atomic E-state index is 0.0505. The van der Waals surface area contributed by atoms with Gasteiger partial charge >= 0.3 is 12.1 Å². The summed E-state index contributed by atoms with van der Waals surface area (Å²) in [6.07, 6.45) is 9.93. The number of alkyl carbamates (subject to hydrolysis) is 1. The first-order valence-corrected chi connectivity index (χ1v) is 21.0. The molecule has 4 aromatic rings. The maximum Gasteiger partial charge on any atom is 0.407 e. The van der Waals surface area contributed by atoms with E-state index in [9.17, 15) is 19.2 Å². The Morgan fingerprint density at radius 1 is 0.800 bits per heavy atom. The van der Waals surface area contributed by atoms with Crippen LogP contribution in [0.25, 0.3) is 11.3 Å². The molecule has 60 heavy (non-hydrogen) atoms. The Labute approximate surface area is 347 Å². The zero-order chi connectivity index (χ0) is 41.8. The lowest BCUT2D eigenvalue weighted by atomic mass is 9.93. The van der Waals surface area contributed by atoms with Crippen molar-refractivity contribution in [1.29, 1.82) is 0 Å². The second kappa shape index (κ2) is 18.1. The monoisotopic (exact) mass is 826 g/mol. The summed E-state index contributed by atoms with van der Waals surface area (Å²) in [6, 6.07) is 9.74. The van der Waals surface area contributed by atoms with E-state index in [2.05, 4.69) is 30.6 Å². The van der Waals surface area contributed by atoms with Gasteiger partial charge in [-0.05, 0) is 75.5 Å². The Balaban J connectivity index is 0.880. The molecule has 17 heteroatoms. The summed E-state index contributed by atoms with van der Waals surface area (Å²) >= 11 is 0. The van der Waals surface area contributed by atoms with Gasteiger partial charge in [0.05, 0.1) is 37.6 Å². The number of imidazole rings is 2. The highest BCUT2D eigenvalue weighted by Gasteiger charge is 2.38. The average molecular weight is 827 g/mol. The molecule has 0 spiro atoms. The minimum Gasteiger partial charge on any atom is -0.453 e. The Morgan fingerprint density at radius 3 is 2.15 bits per heavy atom. The van der Waals surface area contributed by atoms with Gasteiger partial charge in [0, 0.05) is 62.6 Å². The molecule has 2 aromatic carbocycles. The zero-order valence-corrected chi connectivity index (χ0v) is 33.8. The van der Waals surface area contributed by atoms with Crippen LogP contribution in [0.15, 0.2) is 54.9 Å². The molecular weight excluding hydrogens is 775 g/mol. The Kier molecular flexibility index (Phi) is 12.3. The van der Waals surface area contributed by atoms with Gasteiger partial charge in [0.2, 0.25) is 5.91 Å². The second-order valence-electron chi connectivity index (χ2n) is 16.1. The number of urea groups is 1. The van der Waals surface area contributed by atoms with E-state index in [0.717, 1.165) is 43.6 Å². The Morgan fingerprint density at radius 2 is 1.45 bits per heavy atom. The predicted molar refractivity (Wildman–Crippen MR) is 218 cm³/mol. The number of aromatic amines is 2. The highest BCUT2D eigenvalue weighted by molar-refractivity contribution is 5.87. The van der Waals surface area contributed by atoms with Crippen LogP contribution >= 0.6 is 0 Å². The van der Waals surface area contributed by atoms with Gasteiger partial charge in [0.1, 0.15) is 35.0 Å². The van der Waals surface area contributed by atoms with Gasteiger partial charge in [-0.1, -0.05) is 30.3 Å². The minimum atomic E-state index is -0.969. The van der Waals surface area contributed by atoms with Crippen molar-refractivity contribution in [3.63, 3.8) is 0 Å². The molecule has 3 unspecified atom stereocenters. The summed E-state index contributed by atoms with van der Waals surface area (Å²) in [5.41, 5.74) is 2.18. The van der Waals surface area contributed by atoms with Crippen LogP contribution in [0.2, 0.25) is 0 Å². The summed E-state index contributed by atoms with van der Waals surface area (Å²) in [6.45, 7) is 3.30. The third-order valence-electron chi connectivity index (χ3n) is 12.4. The number of halogens is 2. The highest BCUT2D eigenvalue weighted by Crippen LogP contribution is 2.38. The van der Waals surface area contributed by atoms with Crippen molar-refractivity contribution < 1.29 is 32.7 Å². The number of H-pyrrole nitrogens is 2. The van der Waals surface area contributed by atoms with E-state index in [4.69, 9.17) is 4.74 Å². The van der Waals surface area contributed by atoms with E-state index in [-0.39, 0.29) is 42.0 Å². The molecule has 5 amide bonds. The summed E-state index contributed by atoms with van der Waals surface area (Å²) in [7, 11) is 1.24. The van der Waals surface area contributed by atoms with Crippen LogP contribution in [0, 0.1) is 11.6 Å². The van der Waals surface area contributed by atoms with Crippen LogP contribution in [-0.4, -0.2) is 111 Å². The number of hydrogen-bond donors (Lipinski definition) is 4. The standard InChI is InChI=1S/C43H52F2N10O5/c1-60-43(59)51-37(28-10-4-2-5-11-28)41(57)55-19-9-13-35(55)40-47-25-33(50-40)29-22-30(44)38(31(45)23-29)52-20-14-27(15-21-52)32-24-46-39(49-32)34-12-8-18-54(34)36(56)26-48-42(58)53-16-6-3-7-17-53/h2,4-5,10-11,22-25,27,34-35,37H,3,6-9,12-21,26H2,1H3,(H,46,49)(H,47,50)(H,48,58)(H,51,59). The lowest BCUT2D eigenvalue weighted by molar-refractivity contribution is -0.134. The van der Waals surface area contributed by atoms with Crippen molar-refractivity contribution in [2.75, 3.05) is 57.8 Å². The van der Waals surface area contributed by atoms with E-state index in [1.165, 1.54) is 25.4 Å². The van der Waals surface area contributed by atoms with Gasteiger partial charge in [-0.25, -0.2) is 28.3 Å². The molecule has 4 aliphatic heterocycles. The molecule has 0 aliphatic carbocycles. The van der Waals surface area contributed by atoms with Crippen LogP contribution in [0.1, 0.15) is 105 Å². The molecule has 8 rings (SSSR count). The first-order valence-electron chi connectivity index (χ1n) is 21.0. The van der Waals surface area contributed by atoms with Gasteiger partial charge in [-0.15, -0.1) is 0 Å². The number of aromatic nitrogens is 4. The van der Waals surface area contributed by atoms with Crippen LogP contribution in [0.4, 0.5) is 24.1 Å². The number of methoxy groups -OCH3 is 1. The van der Waals surface area contributed by atoms with Crippen molar-refractivity contribution in [3.8, 4) is 11.3 Å². The van der Waals surface area contributed by atoms with E-state index >= 15 is 8.78 Å². The first-order chi connectivity index (χ1) is 29.2. The molecule has 0 saturated carbocycles. The van der Waals surface area contributed by atoms with E-state index < -0.39 is 29.8 Å². The molecule has 4 fully saturated rings. The molecule has 4 aliphatic rings. The number of anilines is 1. The van der Waals surface area contributed by atoms with Crippen molar-refractivity contribution in [1.82, 2.24) is 45.3 Å². The summed E-state index contributed by atoms with van der Waals surface area (Å²) in [5.74, 6) is -0.505. The molecular formula is C43H52F2N10O5. The fraction of sp³-hybridized carbons (Fsp3) is 0.488. The number of rotatable bonds is 10. The van der Waals surface area contributed by atoms with Crippen molar-refractivity contribution in [2.45, 2.75) is 81.8 Å². The van der Waals surface area contributed by atoms with Gasteiger partial charge in [0.15, 0.2) is 0 Å². The number of nitrogens with one attached hydrogen (secondary N) is 4. The van der Waals surface area contributed by atoms with Gasteiger partial charge in [0.25, 0.3) is 5.91 Å². The van der Waals surface area contributed by atoms with Crippen LogP contribution in [0.5, 0.6) is 0 Å². The number of nitrogens with zero attached hydrogens (tertiary/aromatic N) is 6. The molecule has 2 aromatic heterocycles. The number of carbonyl (C=O) groups is 4. The molecule has 3 atom stereocenters. The normalized spacial score (nSPS) is 20.3. The number of hydrogen-bond acceptors (Lipinski definition) is 8.